The van der Waals surface area contributed by atoms with E-state index in [1.54, 1.807) is 6.07 Å². The molecule has 0 radical (unpaired) electrons. The Labute approximate surface area is 105 Å². The van der Waals surface area contributed by atoms with Crippen molar-refractivity contribution in [1.29, 1.82) is 0 Å². The summed E-state index contributed by atoms with van der Waals surface area (Å²) in [5.41, 5.74) is 0.703. The van der Waals surface area contributed by atoms with Gasteiger partial charge in [-0.25, -0.2) is 0 Å². The van der Waals surface area contributed by atoms with E-state index in [4.69, 9.17) is 9.63 Å². The molecule has 2 N–H and O–H groups in total. The molecule has 1 heterocycles. The van der Waals surface area contributed by atoms with Crippen molar-refractivity contribution >= 4 is 23.6 Å². The fourth-order valence-corrected chi connectivity index (χ4v) is 1.62. The van der Waals surface area contributed by atoms with Crippen LogP contribution in [-0.2, 0) is 10.2 Å². The summed E-state index contributed by atoms with van der Waals surface area (Å²) in [6, 6.07) is 1.73. The fraction of sp³-hybridized carbons (Fsp3) is 0.636. The van der Waals surface area contributed by atoms with Crippen molar-refractivity contribution in [3.8, 4) is 0 Å². The number of hydrogen-bond donors (Lipinski definition) is 2. The highest BCUT2D eigenvalue weighted by Gasteiger charge is 2.19. The number of aromatic nitrogens is 1. The average molecular weight is 258 g/mol. The molecule has 0 unspecified atom stereocenters. The summed E-state index contributed by atoms with van der Waals surface area (Å²) < 4.78 is 5.03. The Bertz CT molecular complexity index is 371. The Morgan fingerprint density at radius 2 is 2.29 bits per heavy atom. The lowest BCUT2D eigenvalue weighted by Crippen LogP contribution is -2.14. The number of rotatable bonds is 5. The van der Waals surface area contributed by atoms with E-state index in [9.17, 15) is 4.79 Å². The number of aliphatic hydroxyl groups is 1. The highest BCUT2D eigenvalue weighted by atomic mass is 32.2. The number of thioether (sulfide) groups is 1. The number of amides is 1. The molecule has 0 saturated carbocycles. The number of aliphatic hydroxyl groups excluding tert-OH is 1. The largest absolute Gasteiger partial charge is 0.396 e. The summed E-state index contributed by atoms with van der Waals surface area (Å²) in [5, 5.41) is 15.1. The standard InChI is InChI=1S/C11H18N2O3S/c1-11(2,3)8-6-10(16-13-8)12-9(15)7-17-5-4-14/h6,14H,4-5,7H2,1-3H3,(H,12,15). The molecule has 0 aliphatic carbocycles. The lowest BCUT2D eigenvalue weighted by Gasteiger charge is -2.12. The van der Waals surface area contributed by atoms with Crippen LogP contribution in [0.4, 0.5) is 5.88 Å². The van der Waals surface area contributed by atoms with E-state index in [1.807, 2.05) is 20.8 Å². The van der Waals surface area contributed by atoms with Crippen LogP contribution in [0, 0.1) is 0 Å². The summed E-state index contributed by atoms with van der Waals surface area (Å²) >= 11 is 1.37. The quantitative estimate of drug-likeness (QED) is 0.785. The number of hydrogen-bond acceptors (Lipinski definition) is 5. The minimum Gasteiger partial charge on any atom is -0.396 e. The molecule has 1 aromatic rings. The van der Waals surface area contributed by atoms with E-state index in [0.717, 1.165) is 5.69 Å². The highest BCUT2D eigenvalue weighted by Crippen LogP contribution is 2.23. The van der Waals surface area contributed by atoms with Crippen LogP contribution in [0.3, 0.4) is 0 Å². The lowest BCUT2D eigenvalue weighted by atomic mass is 9.92. The van der Waals surface area contributed by atoms with Gasteiger partial charge in [-0.1, -0.05) is 25.9 Å². The van der Waals surface area contributed by atoms with Crippen LogP contribution in [0.25, 0.3) is 0 Å². The predicted molar refractivity (Wildman–Crippen MR) is 68.2 cm³/mol. The van der Waals surface area contributed by atoms with Gasteiger partial charge in [-0.05, 0) is 0 Å². The third-order valence-corrected chi connectivity index (χ3v) is 2.95. The zero-order valence-electron chi connectivity index (χ0n) is 10.3. The van der Waals surface area contributed by atoms with E-state index >= 15 is 0 Å². The zero-order chi connectivity index (χ0) is 12.9. The summed E-state index contributed by atoms with van der Waals surface area (Å²) in [7, 11) is 0. The Morgan fingerprint density at radius 1 is 1.59 bits per heavy atom. The van der Waals surface area contributed by atoms with Gasteiger partial charge in [0.1, 0.15) is 0 Å². The topological polar surface area (TPSA) is 75.4 Å². The summed E-state index contributed by atoms with van der Waals surface area (Å²) in [6.07, 6.45) is 0. The number of anilines is 1. The molecule has 1 amide bonds. The maximum Gasteiger partial charge on any atom is 0.236 e. The minimum absolute atomic E-state index is 0.0778. The van der Waals surface area contributed by atoms with Gasteiger partial charge in [-0.3, -0.25) is 10.1 Å². The molecule has 96 valence electrons. The predicted octanol–water partition coefficient (Wildman–Crippen LogP) is 1.64. The van der Waals surface area contributed by atoms with E-state index in [1.165, 1.54) is 11.8 Å². The third kappa shape index (κ3) is 4.79. The highest BCUT2D eigenvalue weighted by molar-refractivity contribution is 7.99. The molecule has 1 aromatic heterocycles. The van der Waals surface area contributed by atoms with Crippen molar-refractivity contribution in [2.75, 3.05) is 23.4 Å². The van der Waals surface area contributed by atoms with Crippen LogP contribution < -0.4 is 5.32 Å². The van der Waals surface area contributed by atoms with Gasteiger partial charge in [0.15, 0.2) is 0 Å². The molecule has 1 rings (SSSR count). The molecule has 0 aliphatic heterocycles. The fourth-order valence-electron chi connectivity index (χ4n) is 1.09. The summed E-state index contributed by atoms with van der Waals surface area (Å²) in [5.74, 6) is 1.06. The summed E-state index contributed by atoms with van der Waals surface area (Å²) in [4.78, 5) is 11.4. The molecule has 0 spiro atoms. The molecular formula is C11H18N2O3S. The zero-order valence-corrected chi connectivity index (χ0v) is 11.1. The minimum atomic E-state index is -0.153. The lowest BCUT2D eigenvalue weighted by molar-refractivity contribution is -0.113. The third-order valence-electron chi connectivity index (χ3n) is 2.01. The average Bonchev–Trinajstić information content (AvgIpc) is 2.66. The molecule has 17 heavy (non-hydrogen) atoms. The smallest absolute Gasteiger partial charge is 0.236 e. The van der Waals surface area contributed by atoms with E-state index < -0.39 is 0 Å². The van der Waals surface area contributed by atoms with E-state index in [0.29, 0.717) is 17.4 Å². The van der Waals surface area contributed by atoms with Crippen molar-refractivity contribution < 1.29 is 14.4 Å². The Kier molecular flexibility index (Phi) is 5.02. The monoisotopic (exact) mass is 258 g/mol. The van der Waals surface area contributed by atoms with Crippen molar-refractivity contribution in [2.45, 2.75) is 26.2 Å². The second-order valence-corrected chi connectivity index (χ2v) is 5.76. The van der Waals surface area contributed by atoms with Gasteiger partial charge >= 0.3 is 0 Å². The van der Waals surface area contributed by atoms with Crippen molar-refractivity contribution in [1.82, 2.24) is 5.16 Å². The SMILES string of the molecule is CC(C)(C)c1cc(NC(=O)CSCCO)on1. The molecule has 0 aliphatic rings. The molecule has 0 aromatic carbocycles. The molecule has 5 nitrogen and oxygen atoms in total. The first-order chi connectivity index (χ1) is 7.93. The van der Waals surface area contributed by atoms with E-state index in [-0.39, 0.29) is 17.9 Å². The normalized spacial score (nSPS) is 11.5. The number of nitrogens with one attached hydrogen (secondary N) is 1. The molecular weight excluding hydrogens is 240 g/mol. The Balaban J connectivity index is 2.46. The van der Waals surface area contributed by atoms with Crippen LogP contribution in [0.5, 0.6) is 0 Å². The van der Waals surface area contributed by atoms with Gasteiger partial charge in [-0.2, -0.15) is 0 Å². The van der Waals surface area contributed by atoms with Crippen molar-refractivity contribution in [3.63, 3.8) is 0 Å². The Morgan fingerprint density at radius 3 is 2.82 bits per heavy atom. The van der Waals surface area contributed by atoms with Crippen LogP contribution in [0.2, 0.25) is 0 Å². The molecule has 0 fully saturated rings. The summed E-state index contributed by atoms with van der Waals surface area (Å²) in [6.45, 7) is 6.14. The van der Waals surface area contributed by atoms with Crippen molar-refractivity contribution in [2.24, 2.45) is 0 Å². The van der Waals surface area contributed by atoms with Crippen LogP contribution in [0.1, 0.15) is 26.5 Å². The molecule has 0 saturated heterocycles. The van der Waals surface area contributed by atoms with Crippen LogP contribution >= 0.6 is 11.8 Å². The molecule has 6 heteroatoms. The van der Waals surface area contributed by atoms with Crippen LogP contribution in [0.15, 0.2) is 10.6 Å². The van der Waals surface area contributed by atoms with E-state index in [2.05, 4.69) is 10.5 Å². The molecule has 0 atom stereocenters. The second kappa shape index (κ2) is 6.07. The van der Waals surface area contributed by atoms with Gasteiger partial charge in [-0.15, -0.1) is 11.8 Å². The van der Waals surface area contributed by atoms with Crippen molar-refractivity contribution in [3.05, 3.63) is 11.8 Å². The Hall–Kier alpha value is -1.01. The number of nitrogens with zero attached hydrogens (tertiary/aromatic N) is 1. The van der Waals surface area contributed by atoms with Gasteiger partial charge in [0.25, 0.3) is 0 Å². The second-order valence-electron chi connectivity index (χ2n) is 4.65. The first-order valence-corrected chi connectivity index (χ1v) is 6.54. The van der Waals surface area contributed by atoms with Gasteiger partial charge in [0, 0.05) is 17.2 Å². The number of carbonyl (C=O) groups excluding carboxylic acids is 1. The number of carbonyl (C=O) groups is 1. The van der Waals surface area contributed by atoms with Gasteiger partial charge < -0.3 is 9.63 Å². The van der Waals surface area contributed by atoms with Gasteiger partial charge in [0.05, 0.1) is 18.1 Å². The maximum atomic E-state index is 11.4. The van der Waals surface area contributed by atoms with Crippen LogP contribution in [-0.4, -0.2) is 34.3 Å². The first kappa shape index (κ1) is 14.1. The van der Waals surface area contributed by atoms with Gasteiger partial charge in [0.2, 0.25) is 11.8 Å². The maximum absolute atomic E-state index is 11.4. The molecule has 0 bridgehead atoms. The first-order valence-electron chi connectivity index (χ1n) is 5.39.